The lowest BCUT2D eigenvalue weighted by Gasteiger charge is -2.44. The lowest BCUT2D eigenvalue weighted by atomic mass is 9.73. The van der Waals surface area contributed by atoms with Gasteiger partial charge in [0.25, 0.3) is 5.91 Å². The number of piperidine rings is 1. The number of hydrogen-bond acceptors (Lipinski definition) is 4. The molecule has 0 saturated carbocycles. The van der Waals surface area contributed by atoms with Gasteiger partial charge in [-0.15, -0.1) is 0 Å². The van der Waals surface area contributed by atoms with Crippen LogP contribution in [-0.2, 0) is 13.5 Å². The molecule has 3 heterocycles. The van der Waals surface area contributed by atoms with Crippen molar-refractivity contribution < 1.29 is 9.53 Å². The SMILES string of the molecule is CN1CCOc2ccccc2CCCCC2(CCN(C(=O)c3cn(C)cn3)CC2)C1. The monoisotopic (exact) mass is 410 g/mol. The van der Waals surface area contributed by atoms with Crippen LogP contribution in [0.3, 0.4) is 0 Å². The first-order valence-electron chi connectivity index (χ1n) is 11.2. The van der Waals surface area contributed by atoms with Crippen molar-refractivity contribution in [2.24, 2.45) is 12.5 Å². The standard InChI is InChI=1S/C24H34N4O2/c1-26-15-16-30-22-9-4-3-7-20(22)8-5-6-10-24(18-26)11-13-28(14-12-24)23(29)21-17-27(2)19-25-21/h3-4,7,9,17,19H,5-6,8,10-16,18H2,1-2H3. The van der Waals surface area contributed by atoms with Crippen LogP contribution in [0.15, 0.2) is 36.8 Å². The van der Waals surface area contributed by atoms with Gasteiger partial charge in [-0.05, 0) is 56.2 Å². The Morgan fingerprint density at radius 1 is 1.07 bits per heavy atom. The zero-order valence-electron chi connectivity index (χ0n) is 18.3. The third kappa shape index (κ3) is 4.86. The van der Waals surface area contributed by atoms with Crippen molar-refractivity contribution in [3.05, 3.63) is 48.0 Å². The van der Waals surface area contributed by atoms with E-state index < -0.39 is 0 Å². The molecule has 2 aliphatic rings. The van der Waals surface area contributed by atoms with Crippen molar-refractivity contribution in [1.82, 2.24) is 19.4 Å². The Hall–Kier alpha value is -2.34. The van der Waals surface area contributed by atoms with Crippen LogP contribution in [0.4, 0.5) is 0 Å². The van der Waals surface area contributed by atoms with Crippen molar-refractivity contribution in [3.8, 4) is 5.75 Å². The molecule has 1 saturated heterocycles. The molecule has 2 aromatic rings. The number of amides is 1. The van der Waals surface area contributed by atoms with Gasteiger partial charge in [0.05, 0.1) is 6.33 Å². The molecule has 6 nitrogen and oxygen atoms in total. The molecule has 1 aromatic carbocycles. The van der Waals surface area contributed by atoms with E-state index in [9.17, 15) is 4.79 Å². The molecule has 0 radical (unpaired) electrons. The van der Waals surface area contributed by atoms with E-state index in [1.807, 2.05) is 22.7 Å². The van der Waals surface area contributed by atoms with Gasteiger partial charge in [-0.25, -0.2) is 4.98 Å². The molecule has 0 unspecified atom stereocenters. The van der Waals surface area contributed by atoms with Gasteiger partial charge < -0.3 is 19.1 Å². The lowest BCUT2D eigenvalue weighted by molar-refractivity contribution is 0.0421. The topological polar surface area (TPSA) is 50.6 Å². The fourth-order valence-electron chi connectivity index (χ4n) is 4.99. The Bertz CT molecular complexity index is 854. The highest BCUT2D eigenvalue weighted by molar-refractivity contribution is 5.92. The predicted molar refractivity (Wildman–Crippen MR) is 118 cm³/mol. The van der Waals surface area contributed by atoms with Crippen LogP contribution in [0.5, 0.6) is 5.75 Å². The van der Waals surface area contributed by atoms with Gasteiger partial charge in [0, 0.05) is 39.4 Å². The first-order chi connectivity index (χ1) is 14.5. The molecule has 6 heteroatoms. The quantitative estimate of drug-likeness (QED) is 0.723. The maximum absolute atomic E-state index is 12.8. The average Bonchev–Trinajstić information content (AvgIpc) is 3.18. The van der Waals surface area contributed by atoms with Gasteiger partial charge in [0.2, 0.25) is 0 Å². The molecule has 1 aromatic heterocycles. The maximum atomic E-state index is 12.8. The van der Waals surface area contributed by atoms with Crippen molar-refractivity contribution in [3.63, 3.8) is 0 Å². The van der Waals surface area contributed by atoms with E-state index in [4.69, 9.17) is 4.74 Å². The minimum absolute atomic E-state index is 0.0666. The highest BCUT2D eigenvalue weighted by Gasteiger charge is 2.37. The number of ether oxygens (including phenoxy) is 1. The minimum Gasteiger partial charge on any atom is -0.492 e. The largest absolute Gasteiger partial charge is 0.492 e. The zero-order valence-corrected chi connectivity index (χ0v) is 18.3. The molecule has 0 N–H and O–H groups in total. The number of fused-ring (bicyclic) bond motifs is 1. The van der Waals surface area contributed by atoms with Crippen LogP contribution in [-0.4, -0.2) is 65.1 Å². The van der Waals surface area contributed by atoms with Gasteiger partial charge in [0.15, 0.2) is 0 Å². The number of nitrogens with zero attached hydrogens (tertiary/aromatic N) is 4. The zero-order chi connectivity index (χ0) is 21.0. The summed E-state index contributed by atoms with van der Waals surface area (Å²) in [7, 11) is 4.10. The maximum Gasteiger partial charge on any atom is 0.274 e. The van der Waals surface area contributed by atoms with E-state index in [1.165, 1.54) is 24.8 Å². The summed E-state index contributed by atoms with van der Waals surface area (Å²) in [5.41, 5.74) is 2.17. The van der Waals surface area contributed by atoms with Gasteiger partial charge in [-0.1, -0.05) is 24.6 Å². The molecule has 0 atom stereocenters. The first kappa shape index (κ1) is 20.9. The molecular weight excluding hydrogens is 376 g/mol. The Morgan fingerprint density at radius 2 is 1.87 bits per heavy atom. The number of likely N-dealkylation sites (N-methyl/N-ethyl adjacent to an activating group) is 1. The molecule has 4 rings (SSSR count). The lowest BCUT2D eigenvalue weighted by Crippen LogP contribution is -2.48. The van der Waals surface area contributed by atoms with E-state index in [0.717, 1.165) is 51.2 Å². The summed E-state index contributed by atoms with van der Waals surface area (Å²) >= 11 is 0. The molecule has 2 aliphatic heterocycles. The summed E-state index contributed by atoms with van der Waals surface area (Å²) in [6, 6.07) is 8.46. The summed E-state index contributed by atoms with van der Waals surface area (Å²) in [5, 5.41) is 0. The van der Waals surface area contributed by atoms with Crippen molar-refractivity contribution in [2.45, 2.75) is 38.5 Å². The number of imidazole rings is 1. The minimum atomic E-state index is 0.0666. The summed E-state index contributed by atoms with van der Waals surface area (Å²) in [4.78, 5) is 21.4. The number of carbonyl (C=O) groups excluding carboxylic acids is 1. The number of rotatable bonds is 1. The third-order valence-corrected chi connectivity index (χ3v) is 6.75. The number of hydrogen-bond donors (Lipinski definition) is 0. The average molecular weight is 411 g/mol. The molecule has 1 amide bonds. The number of aromatic nitrogens is 2. The second kappa shape index (κ2) is 9.21. The Balaban J connectivity index is 1.40. The van der Waals surface area contributed by atoms with Crippen LogP contribution < -0.4 is 4.74 Å². The summed E-state index contributed by atoms with van der Waals surface area (Å²) < 4.78 is 7.94. The molecule has 0 aliphatic carbocycles. The fourth-order valence-corrected chi connectivity index (χ4v) is 4.99. The fraction of sp³-hybridized carbons (Fsp3) is 0.583. The molecule has 1 fully saturated rings. The van der Waals surface area contributed by atoms with E-state index in [0.29, 0.717) is 12.3 Å². The number of likely N-dealkylation sites (tertiary alicyclic amines) is 1. The summed E-state index contributed by atoms with van der Waals surface area (Å²) in [6.07, 6.45) is 10.3. The van der Waals surface area contributed by atoms with E-state index in [1.54, 1.807) is 6.33 Å². The van der Waals surface area contributed by atoms with Crippen molar-refractivity contribution in [1.29, 1.82) is 0 Å². The summed E-state index contributed by atoms with van der Waals surface area (Å²) in [6.45, 7) is 4.36. The highest BCUT2D eigenvalue weighted by Crippen LogP contribution is 2.38. The van der Waals surface area contributed by atoms with Crippen LogP contribution in [0.2, 0.25) is 0 Å². The molecule has 0 bridgehead atoms. The smallest absolute Gasteiger partial charge is 0.274 e. The van der Waals surface area contributed by atoms with E-state index in [2.05, 4.69) is 41.2 Å². The Labute approximate surface area is 179 Å². The number of benzene rings is 1. The van der Waals surface area contributed by atoms with Crippen LogP contribution in [0, 0.1) is 5.41 Å². The summed E-state index contributed by atoms with van der Waals surface area (Å²) in [5.74, 6) is 1.11. The molecule has 1 spiro atoms. The Morgan fingerprint density at radius 3 is 2.63 bits per heavy atom. The molecule has 30 heavy (non-hydrogen) atoms. The van der Waals surface area contributed by atoms with E-state index in [-0.39, 0.29) is 11.3 Å². The van der Waals surface area contributed by atoms with Gasteiger partial charge in [0.1, 0.15) is 18.1 Å². The highest BCUT2D eigenvalue weighted by atomic mass is 16.5. The number of aryl methyl sites for hydroxylation is 2. The van der Waals surface area contributed by atoms with Crippen LogP contribution in [0.1, 0.15) is 48.2 Å². The number of para-hydroxylation sites is 1. The van der Waals surface area contributed by atoms with Crippen LogP contribution >= 0.6 is 0 Å². The van der Waals surface area contributed by atoms with Crippen molar-refractivity contribution in [2.75, 3.05) is 39.8 Å². The second-order valence-corrected chi connectivity index (χ2v) is 9.12. The van der Waals surface area contributed by atoms with Gasteiger partial charge in [-0.3, -0.25) is 4.79 Å². The van der Waals surface area contributed by atoms with E-state index >= 15 is 0 Å². The van der Waals surface area contributed by atoms with Gasteiger partial charge >= 0.3 is 0 Å². The molecule has 162 valence electrons. The second-order valence-electron chi connectivity index (χ2n) is 9.12. The normalized spacial score (nSPS) is 20.7. The number of carbonyl (C=O) groups is 1. The van der Waals surface area contributed by atoms with Crippen LogP contribution in [0.25, 0.3) is 0 Å². The first-order valence-corrected chi connectivity index (χ1v) is 11.2. The third-order valence-electron chi connectivity index (χ3n) is 6.75. The van der Waals surface area contributed by atoms with Gasteiger partial charge in [-0.2, -0.15) is 0 Å². The van der Waals surface area contributed by atoms with Crippen molar-refractivity contribution >= 4 is 5.91 Å². The predicted octanol–water partition coefficient (Wildman–Crippen LogP) is 3.38. The molecular formula is C24H34N4O2. The Kier molecular flexibility index (Phi) is 6.42.